The lowest BCUT2D eigenvalue weighted by Crippen LogP contribution is -2.53. The van der Waals surface area contributed by atoms with Crippen LogP contribution in [-0.4, -0.2) is 25.3 Å². The number of epoxide rings is 1. The van der Waals surface area contributed by atoms with Crippen LogP contribution in [0, 0.1) is 11.3 Å². The van der Waals surface area contributed by atoms with Gasteiger partial charge in [0.15, 0.2) is 0 Å². The predicted octanol–water partition coefficient (Wildman–Crippen LogP) is 4.76. The molecule has 0 N–H and O–H groups in total. The van der Waals surface area contributed by atoms with Crippen molar-refractivity contribution in [1.29, 1.82) is 0 Å². The summed E-state index contributed by atoms with van der Waals surface area (Å²) in [7, 11) is 0. The predicted molar refractivity (Wildman–Crippen MR) is 102 cm³/mol. The molecule has 142 valence electrons. The lowest BCUT2D eigenvalue weighted by atomic mass is 9.49. The van der Waals surface area contributed by atoms with Gasteiger partial charge in [0.05, 0.1) is 12.0 Å². The summed E-state index contributed by atoms with van der Waals surface area (Å²) in [4.78, 5) is 13.0. The maximum Gasteiger partial charge on any atom is 0.312 e. The number of hydrogen-bond acceptors (Lipinski definition) is 3. The first-order valence-corrected chi connectivity index (χ1v) is 10.3. The molecule has 1 aromatic rings. The Morgan fingerprint density at radius 1 is 1.31 bits per heavy atom. The number of carbonyl (C=O) groups is 1. The second-order valence-electron chi connectivity index (χ2n) is 9.40. The van der Waals surface area contributed by atoms with Crippen LogP contribution in [0.15, 0.2) is 18.2 Å². The summed E-state index contributed by atoms with van der Waals surface area (Å²) in [6, 6.07) is 7.06. The van der Waals surface area contributed by atoms with Gasteiger partial charge in [-0.05, 0) is 66.5 Å². The highest BCUT2D eigenvalue weighted by atomic mass is 16.6. The topological polar surface area (TPSA) is 38.8 Å². The average molecular weight is 357 g/mol. The van der Waals surface area contributed by atoms with Crippen LogP contribution in [0.4, 0.5) is 0 Å². The van der Waals surface area contributed by atoms with Crippen molar-refractivity contribution in [2.45, 2.75) is 77.2 Å². The molecule has 1 aliphatic heterocycles. The third kappa shape index (κ3) is 2.89. The first kappa shape index (κ1) is 18.0. The van der Waals surface area contributed by atoms with Gasteiger partial charge in [0.1, 0.15) is 12.7 Å². The SMILES string of the molecule is CC(C)c1ccc2c(c1)CCC1C(C)(C(=O)OCC3CO3)CCCC21C. The number of carbonyl (C=O) groups excluding carboxylic acids is 1. The van der Waals surface area contributed by atoms with Crippen molar-refractivity contribution in [3.63, 3.8) is 0 Å². The van der Waals surface area contributed by atoms with E-state index in [0.717, 1.165) is 32.3 Å². The van der Waals surface area contributed by atoms with E-state index >= 15 is 0 Å². The van der Waals surface area contributed by atoms with Crippen LogP contribution in [0.5, 0.6) is 0 Å². The van der Waals surface area contributed by atoms with Crippen LogP contribution >= 0.6 is 0 Å². The Morgan fingerprint density at radius 3 is 2.77 bits per heavy atom. The monoisotopic (exact) mass is 356 g/mol. The molecule has 1 aromatic carbocycles. The molecular weight excluding hydrogens is 324 g/mol. The van der Waals surface area contributed by atoms with Gasteiger partial charge in [-0.2, -0.15) is 0 Å². The van der Waals surface area contributed by atoms with Gasteiger partial charge in [-0.1, -0.05) is 45.4 Å². The van der Waals surface area contributed by atoms with Crippen molar-refractivity contribution in [3.05, 3.63) is 34.9 Å². The van der Waals surface area contributed by atoms with Crippen molar-refractivity contribution in [2.24, 2.45) is 11.3 Å². The first-order chi connectivity index (χ1) is 12.3. The minimum absolute atomic E-state index is 0.00817. The number of ether oxygens (including phenoxy) is 2. The molecule has 1 saturated heterocycles. The molecule has 4 atom stereocenters. The van der Waals surface area contributed by atoms with Crippen molar-refractivity contribution in [1.82, 2.24) is 0 Å². The van der Waals surface area contributed by atoms with Gasteiger partial charge in [0.2, 0.25) is 0 Å². The fourth-order valence-electron chi connectivity index (χ4n) is 5.61. The molecule has 4 unspecified atom stereocenters. The molecule has 4 rings (SSSR count). The van der Waals surface area contributed by atoms with Gasteiger partial charge in [-0.25, -0.2) is 0 Å². The molecule has 0 aromatic heterocycles. The summed E-state index contributed by atoms with van der Waals surface area (Å²) in [5.74, 6) is 0.905. The van der Waals surface area contributed by atoms with E-state index in [9.17, 15) is 4.79 Å². The molecule has 2 aliphatic carbocycles. The molecule has 0 radical (unpaired) electrons. The molecule has 1 heterocycles. The van der Waals surface area contributed by atoms with E-state index in [1.54, 1.807) is 0 Å². The van der Waals surface area contributed by atoms with Gasteiger partial charge >= 0.3 is 5.97 Å². The highest BCUT2D eigenvalue weighted by Gasteiger charge is 2.55. The molecule has 0 bridgehead atoms. The lowest BCUT2D eigenvalue weighted by Gasteiger charge is -2.54. The van der Waals surface area contributed by atoms with Crippen molar-refractivity contribution < 1.29 is 14.3 Å². The minimum atomic E-state index is -0.379. The van der Waals surface area contributed by atoms with Crippen LogP contribution in [0.1, 0.15) is 76.0 Å². The van der Waals surface area contributed by atoms with E-state index in [2.05, 4.69) is 45.9 Å². The molecular formula is C23H32O3. The van der Waals surface area contributed by atoms with Crippen LogP contribution in [-0.2, 0) is 26.1 Å². The smallest absolute Gasteiger partial charge is 0.312 e. The lowest BCUT2D eigenvalue weighted by molar-refractivity contribution is -0.165. The Kier molecular flexibility index (Phi) is 4.42. The van der Waals surface area contributed by atoms with E-state index in [1.165, 1.54) is 23.1 Å². The standard InChI is InChI=1S/C23H32O3/c1-15(2)16-6-8-19-17(12-16)7-9-20-22(19,3)10-5-11-23(20,4)21(24)26-14-18-13-25-18/h6,8,12,15,18,20H,5,7,9-11,13-14H2,1-4H3. The molecule has 26 heavy (non-hydrogen) atoms. The van der Waals surface area contributed by atoms with Crippen molar-refractivity contribution >= 4 is 5.97 Å². The third-order valence-corrected chi connectivity index (χ3v) is 7.31. The molecule has 0 spiro atoms. The highest BCUT2D eigenvalue weighted by molar-refractivity contribution is 5.77. The Morgan fingerprint density at radius 2 is 2.08 bits per heavy atom. The number of aryl methyl sites for hydroxylation is 1. The van der Waals surface area contributed by atoms with E-state index < -0.39 is 0 Å². The Balaban J connectivity index is 1.64. The van der Waals surface area contributed by atoms with Gasteiger partial charge in [-0.3, -0.25) is 4.79 Å². The maximum absolute atomic E-state index is 13.0. The summed E-state index contributed by atoms with van der Waals surface area (Å²) < 4.78 is 10.9. The van der Waals surface area contributed by atoms with Crippen molar-refractivity contribution in [3.8, 4) is 0 Å². The number of fused-ring (bicyclic) bond motifs is 3. The second kappa shape index (κ2) is 6.37. The Hall–Kier alpha value is -1.35. The van der Waals surface area contributed by atoms with E-state index in [-0.39, 0.29) is 22.9 Å². The molecule has 3 heteroatoms. The van der Waals surface area contributed by atoms with Crippen LogP contribution in [0.2, 0.25) is 0 Å². The summed E-state index contributed by atoms with van der Waals surface area (Å²) in [5, 5.41) is 0. The molecule has 1 saturated carbocycles. The Labute approximate surface area is 157 Å². The zero-order chi connectivity index (χ0) is 18.5. The van der Waals surface area contributed by atoms with Crippen LogP contribution in [0.3, 0.4) is 0 Å². The molecule has 3 aliphatic rings. The third-order valence-electron chi connectivity index (χ3n) is 7.31. The zero-order valence-corrected chi connectivity index (χ0v) is 16.6. The summed E-state index contributed by atoms with van der Waals surface area (Å²) in [6.45, 7) is 10.2. The number of hydrogen-bond donors (Lipinski definition) is 0. The average Bonchev–Trinajstić information content (AvgIpc) is 3.43. The molecule has 3 nitrogen and oxygen atoms in total. The van der Waals surface area contributed by atoms with Crippen LogP contribution < -0.4 is 0 Å². The number of esters is 1. The molecule has 2 fully saturated rings. The fraction of sp³-hybridized carbons (Fsp3) is 0.696. The normalized spacial score (nSPS) is 35.6. The maximum atomic E-state index is 13.0. The Bertz CT molecular complexity index is 705. The van der Waals surface area contributed by atoms with E-state index in [1.807, 2.05) is 0 Å². The highest BCUT2D eigenvalue weighted by Crippen LogP contribution is 2.57. The van der Waals surface area contributed by atoms with Gasteiger partial charge in [-0.15, -0.1) is 0 Å². The fourth-order valence-corrected chi connectivity index (χ4v) is 5.61. The number of benzene rings is 1. The van der Waals surface area contributed by atoms with Gasteiger partial charge in [0.25, 0.3) is 0 Å². The van der Waals surface area contributed by atoms with E-state index in [0.29, 0.717) is 18.4 Å². The quantitative estimate of drug-likeness (QED) is 0.576. The second-order valence-corrected chi connectivity index (χ2v) is 9.40. The first-order valence-electron chi connectivity index (χ1n) is 10.3. The zero-order valence-electron chi connectivity index (χ0n) is 16.6. The summed E-state index contributed by atoms with van der Waals surface area (Å²) in [6.07, 6.45) is 5.49. The molecule has 0 amide bonds. The largest absolute Gasteiger partial charge is 0.462 e. The van der Waals surface area contributed by atoms with Gasteiger partial charge in [0, 0.05) is 0 Å². The van der Waals surface area contributed by atoms with Crippen LogP contribution in [0.25, 0.3) is 0 Å². The number of rotatable bonds is 4. The van der Waals surface area contributed by atoms with Gasteiger partial charge < -0.3 is 9.47 Å². The van der Waals surface area contributed by atoms with E-state index in [4.69, 9.17) is 9.47 Å². The summed E-state index contributed by atoms with van der Waals surface area (Å²) >= 11 is 0. The minimum Gasteiger partial charge on any atom is -0.462 e. The van der Waals surface area contributed by atoms with Crippen molar-refractivity contribution in [2.75, 3.05) is 13.2 Å². The summed E-state index contributed by atoms with van der Waals surface area (Å²) in [5.41, 5.74) is 4.09.